The highest BCUT2D eigenvalue weighted by atomic mass is 16.5. The monoisotopic (exact) mass is 183 g/mol. The first-order valence-corrected chi connectivity index (χ1v) is 5.59. The van der Waals surface area contributed by atoms with Gasteiger partial charge in [0.2, 0.25) is 0 Å². The van der Waals surface area contributed by atoms with E-state index in [2.05, 4.69) is 11.9 Å². The molecule has 0 N–H and O–H groups in total. The highest BCUT2D eigenvalue weighted by molar-refractivity contribution is 5.77. The van der Waals surface area contributed by atoms with Crippen LogP contribution in [0.4, 0.5) is 0 Å². The van der Waals surface area contributed by atoms with Gasteiger partial charge in [-0.15, -0.1) is 0 Å². The van der Waals surface area contributed by atoms with Gasteiger partial charge in [-0.2, -0.15) is 0 Å². The molecule has 0 fully saturated rings. The third kappa shape index (κ3) is 4.91. The second kappa shape index (κ2) is 6.93. The van der Waals surface area contributed by atoms with E-state index in [0.717, 1.165) is 25.5 Å². The van der Waals surface area contributed by atoms with Crippen LogP contribution in [0.1, 0.15) is 51.9 Å². The number of nitrogens with zero attached hydrogens (tertiary/aromatic N) is 1. The Hall–Kier alpha value is -0.530. The van der Waals surface area contributed by atoms with Crippen molar-refractivity contribution in [3.8, 4) is 0 Å². The number of rotatable bonds is 7. The summed E-state index contributed by atoms with van der Waals surface area (Å²) in [6, 6.07) is 0. The van der Waals surface area contributed by atoms with Crippen molar-refractivity contribution in [2.45, 2.75) is 51.9 Å². The summed E-state index contributed by atoms with van der Waals surface area (Å²) in [6.07, 6.45) is 9.13. The third-order valence-corrected chi connectivity index (χ3v) is 2.39. The smallest absolute Gasteiger partial charge is 0.183 e. The summed E-state index contributed by atoms with van der Waals surface area (Å²) in [7, 11) is 0. The molecule has 0 amide bonds. The summed E-state index contributed by atoms with van der Waals surface area (Å²) in [5, 5.41) is 0. The van der Waals surface area contributed by atoms with E-state index >= 15 is 0 Å². The normalized spacial score (nSPS) is 15.6. The van der Waals surface area contributed by atoms with Gasteiger partial charge in [0.1, 0.15) is 6.61 Å². The predicted octanol–water partition coefficient (Wildman–Crippen LogP) is 3.17. The molecular formula is C11H21NO. The zero-order chi connectivity index (χ0) is 9.36. The zero-order valence-corrected chi connectivity index (χ0v) is 8.72. The topological polar surface area (TPSA) is 21.6 Å². The van der Waals surface area contributed by atoms with Crippen molar-refractivity contribution < 1.29 is 4.74 Å². The number of hydrogen-bond acceptors (Lipinski definition) is 2. The van der Waals surface area contributed by atoms with Gasteiger partial charge < -0.3 is 4.74 Å². The van der Waals surface area contributed by atoms with Gasteiger partial charge in [-0.3, -0.25) is 4.99 Å². The maximum absolute atomic E-state index is 5.33. The molecule has 0 saturated heterocycles. The fraction of sp³-hybridized carbons (Fsp3) is 0.909. The van der Waals surface area contributed by atoms with Crippen molar-refractivity contribution in [3.63, 3.8) is 0 Å². The van der Waals surface area contributed by atoms with Gasteiger partial charge in [-0.25, -0.2) is 0 Å². The fourth-order valence-corrected chi connectivity index (χ4v) is 1.59. The average molecular weight is 183 g/mol. The summed E-state index contributed by atoms with van der Waals surface area (Å²) in [4.78, 5) is 4.26. The lowest BCUT2D eigenvalue weighted by Gasteiger charge is -2.01. The molecule has 0 radical (unpaired) electrons. The first-order valence-electron chi connectivity index (χ1n) is 5.59. The minimum absolute atomic E-state index is 0.811. The lowest BCUT2D eigenvalue weighted by atomic mass is 10.1. The Bertz CT molecular complexity index is 154. The van der Waals surface area contributed by atoms with Gasteiger partial charge in [0, 0.05) is 6.42 Å². The number of ether oxygens (including phenoxy) is 1. The van der Waals surface area contributed by atoms with Crippen LogP contribution in [0.3, 0.4) is 0 Å². The Kier molecular flexibility index (Phi) is 5.62. The first kappa shape index (κ1) is 10.6. The summed E-state index contributed by atoms with van der Waals surface area (Å²) in [5.41, 5.74) is 0. The summed E-state index contributed by atoms with van der Waals surface area (Å²) in [5.74, 6) is 0.996. The molecule has 0 aromatic carbocycles. The van der Waals surface area contributed by atoms with Crippen LogP contribution in [0.2, 0.25) is 0 Å². The highest BCUT2D eigenvalue weighted by Gasteiger charge is 2.05. The third-order valence-electron chi connectivity index (χ3n) is 2.39. The minimum atomic E-state index is 0.811. The molecule has 0 aliphatic carbocycles. The fourth-order valence-electron chi connectivity index (χ4n) is 1.59. The molecule has 0 atom stereocenters. The Morgan fingerprint density at radius 3 is 2.62 bits per heavy atom. The van der Waals surface area contributed by atoms with E-state index in [1.807, 2.05) is 0 Å². The lowest BCUT2D eigenvalue weighted by molar-refractivity contribution is 0.336. The Morgan fingerprint density at radius 1 is 1.15 bits per heavy atom. The van der Waals surface area contributed by atoms with Gasteiger partial charge in [-0.1, -0.05) is 39.0 Å². The quantitative estimate of drug-likeness (QED) is 0.555. The van der Waals surface area contributed by atoms with Crippen LogP contribution in [0, 0.1) is 0 Å². The van der Waals surface area contributed by atoms with Gasteiger partial charge in [-0.05, 0) is 6.42 Å². The van der Waals surface area contributed by atoms with Gasteiger partial charge in [0.25, 0.3) is 0 Å². The van der Waals surface area contributed by atoms with E-state index in [4.69, 9.17) is 4.74 Å². The molecule has 1 aliphatic rings. The van der Waals surface area contributed by atoms with Gasteiger partial charge in [0.05, 0.1) is 6.54 Å². The second-order valence-electron chi connectivity index (χ2n) is 3.64. The van der Waals surface area contributed by atoms with Crippen LogP contribution in [0.15, 0.2) is 4.99 Å². The largest absolute Gasteiger partial charge is 0.479 e. The predicted molar refractivity (Wildman–Crippen MR) is 56.2 cm³/mol. The van der Waals surface area contributed by atoms with Crippen molar-refractivity contribution in [3.05, 3.63) is 0 Å². The molecule has 1 rings (SSSR count). The molecule has 1 aliphatic heterocycles. The average Bonchev–Trinajstić information content (AvgIpc) is 2.63. The number of aliphatic imine (C=N–C) groups is 1. The minimum Gasteiger partial charge on any atom is -0.479 e. The van der Waals surface area contributed by atoms with Crippen molar-refractivity contribution in [1.29, 1.82) is 0 Å². The van der Waals surface area contributed by atoms with Gasteiger partial charge in [0.15, 0.2) is 5.90 Å². The number of hydrogen-bond donors (Lipinski definition) is 0. The molecule has 0 saturated carbocycles. The van der Waals surface area contributed by atoms with Crippen LogP contribution in [0.5, 0.6) is 0 Å². The molecule has 0 aromatic heterocycles. The van der Waals surface area contributed by atoms with Crippen LogP contribution in [-0.4, -0.2) is 19.0 Å². The molecule has 0 spiro atoms. The molecule has 0 bridgehead atoms. The maximum atomic E-state index is 5.33. The van der Waals surface area contributed by atoms with Crippen LogP contribution >= 0.6 is 0 Å². The summed E-state index contributed by atoms with van der Waals surface area (Å²) in [6.45, 7) is 3.94. The molecule has 1 heterocycles. The Balaban J connectivity index is 1.83. The summed E-state index contributed by atoms with van der Waals surface area (Å²) < 4.78 is 5.33. The van der Waals surface area contributed by atoms with Crippen molar-refractivity contribution in [1.82, 2.24) is 0 Å². The van der Waals surface area contributed by atoms with Crippen LogP contribution in [-0.2, 0) is 4.74 Å². The van der Waals surface area contributed by atoms with E-state index in [1.165, 1.54) is 38.5 Å². The molecule has 76 valence electrons. The van der Waals surface area contributed by atoms with Crippen molar-refractivity contribution in [2.75, 3.05) is 13.2 Å². The van der Waals surface area contributed by atoms with Gasteiger partial charge >= 0.3 is 0 Å². The van der Waals surface area contributed by atoms with Crippen LogP contribution < -0.4 is 0 Å². The highest BCUT2D eigenvalue weighted by Crippen LogP contribution is 2.09. The number of unbranched alkanes of at least 4 members (excludes halogenated alkanes) is 5. The Morgan fingerprint density at radius 2 is 1.92 bits per heavy atom. The van der Waals surface area contributed by atoms with E-state index in [1.54, 1.807) is 0 Å². The van der Waals surface area contributed by atoms with E-state index in [0.29, 0.717) is 0 Å². The molecular weight excluding hydrogens is 162 g/mol. The molecule has 2 nitrogen and oxygen atoms in total. The SMILES string of the molecule is CCCCCCCCC1=NCCO1. The zero-order valence-electron chi connectivity index (χ0n) is 8.72. The van der Waals surface area contributed by atoms with E-state index in [-0.39, 0.29) is 0 Å². The second-order valence-corrected chi connectivity index (χ2v) is 3.64. The van der Waals surface area contributed by atoms with E-state index < -0.39 is 0 Å². The molecule has 2 heteroatoms. The summed E-state index contributed by atoms with van der Waals surface area (Å²) >= 11 is 0. The standard InChI is InChI=1S/C11H21NO/c1-2-3-4-5-6-7-8-11-12-9-10-13-11/h2-10H2,1H3. The maximum Gasteiger partial charge on any atom is 0.183 e. The lowest BCUT2D eigenvalue weighted by Crippen LogP contribution is -1.98. The van der Waals surface area contributed by atoms with E-state index in [9.17, 15) is 0 Å². The molecule has 0 unspecified atom stereocenters. The van der Waals surface area contributed by atoms with Crippen molar-refractivity contribution >= 4 is 5.90 Å². The first-order chi connectivity index (χ1) is 6.43. The molecule has 0 aromatic rings. The molecule has 13 heavy (non-hydrogen) atoms. The Labute approximate surface area is 81.4 Å². The van der Waals surface area contributed by atoms with Crippen LogP contribution in [0.25, 0.3) is 0 Å². The van der Waals surface area contributed by atoms with Crippen molar-refractivity contribution in [2.24, 2.45) is 4.99 Å².